The van der Waals surface area contributed by atoms with E-state index in [1.54, 1.807) is 6.07 Å². The summed E-state index contributed by atoms with van der Waals surface area (Å²) in [5.41, 5.74) is 0.663. The predicted octanol–water partition coefficient (Wildman–Crippen LogP) is 4.46. The van der Waals surface area contributed by atoms with Crippen LogP contribution < -0.4 is 4.74 Å². The lowest BCUT2D eigenvalue weighted by atomic mass is 10.1. The number of hydrogen-bond acceptors (Lipinski definition) is 3. The van der Waals surface area contributed by atoms with Crippen LogP contribution in [0.5, 0.6) is 5.75 Å². The average Bonchev–Trinajstić information content (AvgIpc) is 2.56. The van der Waals surface area contributed by atoms with Gasteiger partial charge in [-0.25, -0.2) is 0 Å². The Morgan fingerprint density at radius 2 is 1.83 bits per heavy atom. The molecule has 4 nitrogen and oxygen atoms in total. The SMILES string of the molecule is O=Cc1ccc2c(OCCCCCCCC(=O)O)cccc2c1. The molecule has 2 aromatic rings. The fourth-order valence-electron chi connectivity index (χ4n) is 2.56. The first kappa shape index (κ1) is 17.0. The molecule has 23 heavy (non-hydrogen) atoms. The number of carboxylic acids is 1. The molecule has 122 valence electrons. The van der Waals surface area contributed by atoms with Crippen molar-refractivity contribution >= 4 is 23.0 Å². The monoisotopic (exact) mass is 314 g/mol. The van der Waals surface area contributed by atoms with Gasteiger partial charge in [-0.1, -0.05) is 37.5 Å². The quantitative estimate of drug-likeness (QED) is 0.519. The lowest BCUT2D eigenvalue weighted by molar-refractivity contribution is -0.137. The van der Waals surface area contributed by atoms with Crippen molar-refractivity contribution in [1.29, 1.82) is 0 Å². The van der Waals surface area contributed by atoms with Crippen molar-refractivity contribution in [2.24, 2.45) is 0 Å². The molecule has 0 amide bonds. The molecule has 0 heterocycles. The number of carbonyl (C=O) groups is 2. The first-order chi connectivity index (χ1) is 11.2. The molecule has 0 radical (unpaired) electrons. The highest BCUT2D eigenvalue weighted by atomic mass is 16.5. The second-order valence-corrected chi connectivity index (χ2v) is 5.61. The van der Waals surface area contributed by atoms with E-state index in [1.807, 2.05) is 30.3 Å². The van der Waals surface area contributed by atoms with Gasteiger partial charge in [0.2, 0.25) is 0 Å². The third-order valence-electron chi connectivity index (χ3n) is 3.79. The summed E-state index contributed by atoms with van der Waals surface area (Å²) in [6.45, 7) is 0.646. The fraction of sp³-hybridized carbons (Fsp3) is 0.368. The molecule has 0 aliphatic heterocycles. The largest absolute Gasteiger partial charge is 0.493 e. The van der Waals surface area contributed by atoms with Gasteiger partial charge in [0.1, 0.15) is 12.0 Å². The molecule has 0 aromatic heterocycles. The molecule has 0 atom stereocenters. The van der Waals surface area contributed by atoms with E-state index in [-0.39, 0.29) is 6.42 Å². The number of ether oxygens (including phenoxy) is 1. The van der Waals surface area contributed by atoms with Gasteiger partial charge >= 0.3 is 5.97 Å². The zero-order valence-corrected chi connectivity index (χ0v) is 13.2. The minimum absolute atomic E-state index is 0.259. The summed E-state index contributed by atoms with van der Waals surface area (Å²) in [4.78, 5) is 21.2. The molecule has 0 saturated carbocycles. The summed E-state index contributed by atoms with van der Waals surface area (Å²) in [5, 5.41) is 10.6. The van der Waals surface area contributed by atoms with E-state index in [4.69, 9.17) is 9.84 Å². The summed E-state index contributed by atoms with van der Waals surface area (Å²) < 4.78 is 5.86. The number of rotatable bonds is 10. The predicted molar refractivity (Wildman–Crippen MR) is 90.2 cm³/mol. The molecule has 0 saturated heterocycles. The van der Waals surface area contributed by atoms with Gasteiger partial charge in [-0.3, -0.25) is 9.59 Å². The molecule has 0 aliphatic carbocycles. The Morgan fingerprint density at radius 1 is 1.04 bits per heavy atom. The minimum Gasteiger partial charge on any atom is -0.493 e. The molecular weight excluding hydrogens is 292 g/mol. The first-order valence-electron chi connectivity index (χ1n) is 8.03. The van der Waals surface area contributed by atoms with Crippen LogP contribution in [-0.4, -0.2) is 24.0 Å². The maximum absolute atomic E-state index is 10.8. The Morgan fingerprint density at radius 3 is 2.61 bits per heavy atom. The van der Waals surface area contributed by atoms with Gasteiger partial charge < -0.3 is 9.84 Å². The summed E-state index contributed by atoms with van der Waals surface area (Å²) in [6.07, 6.45) is 5.84. The van der Waals surface area contributed by atoms with Crippen LogP contribution in [0.4, 0.5) is 0 Å². The van der Waals surface area contributed by atoms with E-state index >= 15 is 0 Å². The highest BCUT2D eigenvalue weighted by Crippen LogP contribution is 2.26. The van der Waals surface area contributed by atoms with Gasteiger partial charge in [0.05, 0.1) is 6.61 Å². The summed E-state index contributed by atoms with van der Waals surface area (Å²) >= 11 is 0. The smallest absolute Gasteiger partial charge is 0.303 e. The van der Waals surface area contributed by atoms with Crippen LogP contribution >= 0.6 is 0 Å². The van der Waals surface area contributed by atoms with Gasteiger partial charge in [-0.2, -0.15) is 0 Å². The zero-order valence-electron chi connectivity index (χ0n) is 13.2. The van der Waals surface area contributed by atoms with Crippen LogP contribution in [0.1, 0.15) is 48.9 Å². The Hall–Kier alpha value is -2.36. The number of carbonyl (C=O) groups excluding carboxylic acids is 1. The maximum Gasteiger partial charge on any atom is 0.303 e. The molecule has 0 aliphatic rings. The van der Waals surface area contributed by atoms with Gasteiger partial charge in [0, 0.05) is 17.4 Å². The van der Waals surface area contributed by atoms with Crippen molar-refractivity contribution in [3.8, 4) is 5.75 Å². The van der Waals surface area contributed by atoms with Crippen LogP contribution in [0.3, 0.4) is 0 Å². The van der Waals surface area contributed by atoms with Gasteiger partial charge in [0.25, 0.3) is 0 Å². The highest BCUT2D eigenvalue weighted by molar-refractivity contribution is 5.92. The molecule has 4 heteroatoms. The Kier molecular flexibility index (Phi) is 6.60. The molecule has 2 rings (SSSR count). The number of carboxylic acid groups (broad SMARTS) is 1. The van der Waals surface area contributed by atoms with Gasteiger partial charge in [-0.05, 0) is 36.4 Å². The number of benzene rings is 2. The van der Waals surface area contributed by atoms with Crippen LogP contribution in [-0.2, 0) is 4.79 Å². The first-order valence-corrected chi connectivity index (χ1v) is 8.03. The van der Waals surface area contributed by atoms with E-state index in [9.17, 15) is 9.59 Å². The van der Waals surface area contributed by atoms with E-state index < -0.39 is 5.97 Å². The van der Waals surface area contributed by atoms with Crippen LogP contribution in [0.2, 0.25) is 0 Å². The second kappa shape index (κ2) is 8.93. The van der Waals surface area contributed by atoms with Crippen molar-refractivity contribution in [2.45, 2.75) is 38.5 Å². The normalized spacial score (nSPS) is 10.6. The molecule has 0 fully saturated rings. The van der Waals surface area contributed by atoms with Crippen LogP contribution in [0, 0.1) is 0 Å². The van der Waals surface area contributed by atoms with Crippen molar-refractivity contribution < 1.29 is 19.4 Å². The standard InChI is InChI=1S/C19H22O4/c20-14-15-10-11-17-16(13-15)7-6-8-18(17)23-12-5-3-1-2-4-9-19(21)22/h6-8,10-11,13-14H,1-5,9,12H2,(H,21,22). The third-order valence-corrected chi connectivity index (χ3v) is 3.79. The highest BCUT2D eigenvalue weighted by Gasteiger charge is 2.03. The minimum atomic E-state index is -0.720. The molecular formula is C19H22O4. The van der Waals surface area contributed by atoms with Crippen molar-refractivity contribution in [3.05, 3.63) is 42.0 Å². The van der Waals surface area contributed by atoms with Crippen molar-refractivity contribution in [2.75, 3.05) is 6.61 Å². The van der Waals surface area contributed by atoms with E-state index in [2.05, 4.69) is 0 Å². The Balaban J connectivity index is 1.77. The van der Waals surface area contributed by atoms with Gasteiger partial charge in [-0.15, -0.1) is 0 Å². The van der Waals surface area contributed by atoms with Gasteiger partial charge in [0.15, 0.2) is 0 Å². The Bertz CT molecular complexity index is 663. The molecule has 0 unspecified atom stereocenters. The van der Waals surface area contributed by atoms with Crippen LogP contribution in [0.15, 0.2) is 36.4 Å². The number of fused-ring (bicyclic) bond motifs is 1. The van der Waals surface area contributed by atoms with Crippen molar-refractivity contribution in [1.82, 2.24) is 0 Å². The van der Waals surface area contributed by atoms with Crippen LogP contribution in [0.25, 0.3) is 10.8 Å². The summed E-state index contributed by atoms with van der Waals surface area (Å²) in [5.74, 6) is 0.118. The molecule has 2 aromatic carbocycles. The maximum atomic E-state index is 10.8. The molecule has 0 bridgehead atoms. The average molecular weight is 314 g/mol. The Labute approximate surface area is 136 Å². The van der Waals surface area contributed by atoms with E-state index in [0.29, 0.717) is 12.2 Å². The molecule has 0 spiro atoms. The number of aldehydes is 1. The lowest BCUT2D eigenvalue weighted by Crippen LogP contribution is -1.98. The van der Waals surface area contributed by atoms with E-state index in [1.165, 1.54) is 0 Å². The van der Waals surface area contributed by atoms with Crippen molar-refractivity contribution in [3.63, 3.8) is 0 Å². The summed E-state index contributed by atoms with van der Waals surface area (Å²) in [6, 6.07) is 11.4. The number of aliphatic carboxylic acids is 1. The zero-order chi connectivity index (χ0) is 16.5. The fourth-order valence-corrected chi connectivity index (χ4v) is 2.56. The number of unbranched alkanes of at least 4 members (excludes halogenated alkanes) is 4. The lowest BCUT2D eigenvalue weighted by Gasteiger charge is -2.09. The molecule has 1 N–H and O–H groups in total. The number of hydrogen-bond donors (Lipinski definition) is 1. The summed E-state index contributed by atoms with van der Waals surface area (Å²) in [7, 11) is 0. The topological polar surface area (TPSA) is 63.6 Å². The van der Waals surface area contributed by atoms with E-state index in [0.717, 1.165) is 54.9 Å². The third kappa shape index (κ3) is 5.40. The second-order valence-electron chi connectivity index (χ2n) is 5.61.